The second-order valence-corrected chi connectivity index (χ2v) is 3.36. The molecule has 16 heavy (non-hydrogen) atoms. The Kier molecular flexibility index (Phi) is 2.72. The molecular formula is C10H12N4O2. The summed E-state index contributed by atoms with van der Waals surface area (Å²) in [6, 6.07) is 0. The monoisotopic (exact) mass is 220 g/mol. The fraction of sp³-hybridized carbons (Fsp3) is 0.300. The first-order valence-corrected chi connectivity index (χ1v) is 4.96. The quantitative estimate of drug-likeness (QED) is 0.828. The van der Waals surface area contributed by atoms with Crippen LogP contribution in [0.15, 0.2) is 24.8 Å². The van der Waals surface area contributed by atoms with Gasteiger partial charge in [0.05, 0.1) is 18.3 Å². The maximum absolute atomic E-state index is 10.7. The molecule has 2 aromatic heterocycles. The normalized spacial score (nSPS) is 10.6. The molecule has 0 saturated carbocycles. The van der Waals surface area contributed by atoms with Crippen molar-refractivity contribution in [2.75, 3.05) is 0 Å². The Morgan fingerprint density at radius 2 is 2.38 bits per heavy atom. The maximum atomic E-state index is 10.7. The summed E-state index contributed by atoms with van der Waals surface area (Å²) in [6.45, 7) is 3.34. The van der Waals surface area contributed by atoms with Crippen molar-refractivity contribution in [3.8, 4) is 0 Å². The molecule has 0 spiro atoms. The van der Waals surface area contributed by atoms with Crippen molar-refractivity contribution in [2.45, 2.75) is 20.0 Å². The number of aromatic carboxylic acids is 1. The number of aryl methyl sites for hydroxylation is 1. The molecule has 0 amide bonds. The Balaban J connectivity index is 2.17. The largest absolute Gasteiger partial charge is 0.478 e. The predicted octanol–water partition coefficient (Wildman–Crippen LogP) is 0.846. The number of carboxylic acids is 1. The van der Waals surface area contributed by atoms with Gasteiger partial charge in [0.1, 0.15) is 5.82 Å². The molecule has 0 aliphatic rings. The van der Waals surface area contributed by atoms with Crippen LogP contribution in [0.1, 0.15) is 23.1 Å². The van der Waals surface area contributed by atoms with E-state index in [1.807, 2.05) is 17.7 Å². The van der Waals surface area contributed by atoms with Gasteiger partial charge >= 0.3 is 5.97 Å². The molecule has 6 heteroatoms. The van der Waals surface area contributed by atoms with Gasteiger partial charge in [0.2, 0.25) is 0 Å². The average molecular weight is 220 g/mol. The zero-order valence-corrected chi connectivity index (χ0v) is 8.87. The van der Waals surface area contributed by atoms with Crippen molar-refractivity contribution in [1.82, 2.24) is 19.3 Å². The lowest BCUT2D eigenvalue weighted by Crippen LogP contribution is -2.07. The highest BCUT2D eigenvalue weighted by atomic mass is 16.4. The van der Waals surface area contributed by atoms with E-state index in [9.17, 15) is 4.79 Å². The van der Waals surface area contributed by atoms with Gasteiger partial charge in [-0.15, -0.1) is 0 Å². The minimum absolute atomic E-state index is 0.189. The smallest absolute Gasteiger partial charge is 0.338 e. The summed E-state index contributed by atoms with van der Waals surface area (Å²) < 4.78 is 3.56. The second-order valence-electron chi connectivity index (χ2n) is 3.36. The summed E-state index contributed by atoms with van der Waals surface area (Å²) >= 11 is 0. The van der Waals surface area contributed by atoms with Crippen LogP contribution in [0.4, 0.5) is 0 Å². The number of nitrogens with zero attached hydrogens (tertiary/aromatic N) is 4. The van der Waals surface area contributed by atoms with Crippen LogP contribution in [0.2, 0.25) is 0 Å². The van der Waals surface area contributed by atoms with Crippen LogP contribution in [0, 0.1) is 0 Å². The van der Waals surface area contributed by atoms with E-state index in [4.69, 9.17) is 5.11 Å². The first kappa shape index (κ1) is 10.4. The third kappa shape index (κ3) is 1.95. The zero-order valence-electron chi connectivity index (χ0n) is 8.87. The van der Waals surface area contributed by atoms with Crippen LogP contribution in [0.3, 0.4) is 0 Å². The van der Waals surface area contributed by atoms with E-state index >= 15 is 0 Å². The molecule has 0 aromatic carbocycles. The van der Waals surface area contributed by atoms with Crippen molar-refractivity contribution in [2.24, 2.45) is 0 Å². The highest BCUT2D eigenvalue weighted by Crippen LogP contribution is 2.03. The van der Waals surface area contributed by atoms with Crippen molar-refractivity contribution >= 4 is 5.97 Å². The standard InChI is InChI=1S/C10H12N4O2/c1-2-13-4-3-11-9(13)7-14-6-8(5-12-14)10(15)16/h3-6H,2,7H2,1H3,(H,15,16). The molecule has 1 N–H and O–H groups in total. The van der Waals surface area contributed by atoms with Gasteiger partial charge < -0.3 is 9.67 Å². The van der Waals surface area contributed by atoms with Gasteiger partial charge in [0, 0.05) is 25.1 Å². The molecule has 6 nitrogen and oxygen atoms in total. The van der Waals surface area contributed by atoms with Gasteiger partial charge in [-0.25, -0.2) is 9.78 Å². The highest BCUT2D eigenvalue weighted by Gasteiger charge is 2.08. The summed E-state index contributed by atoms with van der Waals surface area (Å²) in [5, 5.41) is 12.7. The Morgan fingerprint density at radius 3 is 3.00 bits per heavy atom. The number of aromatic nitrogens is 4. The third-order valence-electron chi connectivity index (χ3n) is 2.33. The van der Waals surface area contributed by atoms with E-state index < -0.39 is 5.97 Å². The summed E-state index contributed by atoms with van der Waals surface area (Å²) in [7, 11) is 0. The Bertz CT molecular complexity index is 500. The molecule has 0 aliphatic carbocycles. The zero-order chi connectivity index (χ0) is 11.5. The molecule has 0 fully saturated rings. The molecule has 84 valence electrons. The molecule has 0 unspecified atom stereocenters. The molecule has 0 bridgehead atoms. The average Bonchev–Trinajstić information content (AvgIpc) is 2.87. The molecule has 0 aliphatic heterocycles. The number of carbonyl (C=O) groups is 1. The van der Waals surface area contributed by atoms with Crippen LogP contribution >= 0.6 is 0 Å². The van der Waals surface area contributed by atoms with Gasteiger partial charge in [-0.05, 0) is 6.92 Å². The molecule has 0 radical (unpaired) electrons. The predicted molar refractivity (Wildman–Crippen MR) is 56.2 cm³/mol. The van der Waals surface area contributed by atoms with Gasteiger partial charge in [-0.3, -0.25) is 4.68 Å². The molecule has 2 aromatic rings. The molecule has 2 heterocycles. The van der Waals surface area contributed by atoms with E-state index in [-0.39, 0.29) is 5.56 Å². The number of carboxylic acid groups (broad SMARTS) is 1. The summed E-state index contributed by atoms with van der Waals surface area (Å²) in [6.07, 6.45) is 6.44. The van der Waals surface area contributed by atoms with E-state index in [2.05, 4.69) is 10.1 Å². The third-order valence-corrected chi connectivity index (χ3v) is 2.33. The maximum Gasteiger partial charge on any atom is 0.338 e. The number of rotatable bonds is 4. The van der Waals surface area contributed by atoms with Crippen molar-refractivity contribution in [3.63, 3.8) is 0 Å². The van der Waals surface area contributed by atoms with Gasteiger partial charge in [0.25, 0.3) is 0 Å². The van der Waals surface area contributed by atoms with E-state index in [1.165, 1.54) is 12.4 Å². The fourth-order valence-electron chi connectivity index (χ4n) is 1.48. The number of hydrogen-bond acceptors (Lipinski definition) is 3. The first-order valence-electron chi connectivity index (χ1n) is 4.96. The number of hydrogen-bond donors (Lipinski definition) is 1. The van der Waals surface area contributed by atoms with Crippen molar-refractivity contribution in [1.29, 1.82) is 0 Å². The second kappa shape index (κ2) is 4.18. The van der Waals surface area contributed by atoms with Crippen LogP contribution in [-0.2, 0) is 13.1 Å². The Morgan fingerprint density at radius 1 is 1.56 bits per heavy atom. The molecule has 0 atom stereocenters. The number of imidazole rings is 1. The summed E-state index contributed by atoms with van der Waals surface area (Å²) in [5.41, 5.74) is 0.189. The minimum Gasteiger partial charge on any atom is -0.478 e. The summed E-state index contributed by atoms with van der Waals surface area (Å²) in [5.74, 6) is -0.104. The topological polar surface area (TPSA) is 72.9 Å². The molecule has 2 rings (SSSR count). The SMILES string of the molecule is CCn1ccnc1Cn1cc(C(=O)O)cn1. The van der Waals surface area contributed by atoms with Crippen LogP contribution in [0.5, 0.6) is 0 Å². The van der Waals surface area contributed by atoms with Gasteiger partial charge in [0.15, 0.2) is 0 Å². The Labute approximate surface area is 92.2 Å². The van der Waals surface area contributed by atoms with E-state index in [1.54, 1.807) is 10.9 Å². The van der Waals surface area contributed by atoms with Gasteiger partial charge in [-0.1, -0.05) is 0 Å². The van der Waals surface area contributed by atoms with Crippen LogP contribution < -0.4 is 0 Å². The lowest BCUT2D eigenvalue weighted by molar-refractivity contribution is 0.0697. The lowest BCUT2D eigenvalue weighted by atomic mass is 10.4. The molecule has 0 saturated heterocycles. The van der Waals surface area contributed by atoms with Crippen LogP contribution in [-0.4, -0.2) is 30.4 Å². The van der Waals surface area contributed by atoms with Crippen LogP contribution in [0.25, 0.3) is 0 Å². The minimum atomic E-state index is -0.968. The Hall–Kier alpha value is -2.11. The highest BCUT2D eigenvalue weighted by molar-refractivity contribution is 5.86. The first-order chi connectivity index (χ1) is 7.70. The fourth-order valence-corrected chi connectivity index (χ4v) is 1.48. The lowest BCUT2D eigenvalue weighted by Gasteiger charge is -2.04. The van der Waals surface area contributed by atoms with Crippen molar-refractivity contribution in [3.05, 3.63) is 36.2 Å². The van der Waals surface area contributed by atoms with E-state index in [0.717, 1.165) is 12.4 Å². The molecular weight excluding hydrogens is 208 g/mol. The van der Waals surface area contributed by atoms with Crippen molar-refractivity contribution < 1.29 is 9.90 Å². The summed E-state index contributed by atoms with van der Waals surface area (Å²) in [4.78, 5) is 14.9. The van der Waals surface area contributed by atoms with Gasteiger partial charge in [-0.2, -0.15) is 5.10 Å². The van der Waals surface area contributed by atoms with E-state index in [0.29, 0.717) is 6.54 Å².